The summed E-state index contributed by atoms with van der Waals surface area (Å²) in [4.78, 5) is 11.1. The van der Waals surface area contributed by atoms with E-state index in [9.17, 15) is 53.1 Å². The molecule has 0 heterocycles. The van der Waals surface area contributed by atoms with Gasteiger partial charge in [-0.1, -0.05) is 6.58 Å². The third kappa shape index (κ3) is 3.76. The van der Waals surface area contributed by atoms with Crippen molar-refractivity contribution in [1.29, 1.82) is 0 Å². The molecule has 0 fully saturated rings. The van der Waals surface area contributed by atoms with E-state index in [1.54, 1.807) is 0 Å². The Kier molecular flexibility index (Phi) is 6.00. The Balaban J connectivity index is 2.84. The Bertz CT molecular complexity index is 1030. The molecular weight excluding hydrogens is 449 g/mol. The fraction of sp³-hybridized carbons (Fsp3) is 0.0625. The maximum atomic E-state index is 14.4. The first-order valence-electron chi connectivity index (χ1n) is 7.05. The lowest BCUT2D eigenvalue weighted by Gasteiger charge is -2.18. The summed E-state index contributed by atoms with van der Waals surface area (Å²) in [5.41, 5.74) is -2.79. The predicted octanol–water partition coefficient (Wildman–Crippen LogP) is 5.70. The van der Waals surface area contributed by atoms with Crippen LogP contribution >= 0.6 is 0 Å². The molecule has 2 rings (SSSR count). The molecule has 0 N–H and O–H groups in total. The van der Waals surface area contributed by atoms with Crippen molar-refractivity contribution < 1.29 is 62.6 Å². The van der Waals surface area contributed by atoms with Crippen LogP contribution < -0.4 is 9.47 Å². The van der Waals surface area contributed by atoms with Gasteiger partial charge in [-0.15, -0.1) is 0 Å². The molecule has 0 amide bonds. The molecule has 0 saturated carbocycles. The van der Waals surface area contributed by atoms with E-state index in [0.717, 1.165) is 0 Å². The van der Waals surface area contributed by atoms with Gasteiger partial charge in [0.25, 0.3) is 0 Å². The second-order valence-corrected chi connectivity index (χ2v) is 5.10. The molecule has 0 bridgehead atoms. The molecule has 0 radical (unpaired) electrons. The average molecular weight is 452 g/mol. The molecule has 0 atom stereocenters. The predicted molar refractivity (Wildman–Crippen MR) is 73.5 cm³/mol. The number of carbonyl (C=O) groups excluding carboxylic acids is 1. The number of rotatable bonds is 4. The molecule has 2 aromatic carbocycles. The third-order valence-corrected chi connectivity index (χ3v) is 3.26. The highest BCUT2D eigenvalue weighted by molar-refractivity contribution is 5.83. The van der Waals surface area contributed by atoms with Crippen molar-refractivity contribution in [2.24, 2.45) is 0 Å². The molecule has 0 saturated heterocycles. The molecule has 0 spiro atoms. The summed E-state index contributed by atoms with van der Waals surface area (Å²) in [6.45, 7) is 2.76. The van der Waals surface area contributed by atoms with Crippen LogP contribution in [0.1, 0.15) is 5.56 Å². The molecule has 14 heteroatoms. The van der Waals surface area contributed by atoms with Crippen LogP contribution in [0.5, 0.6) is 17.2 Å². The standard InChI is InChI=1S/C16H3F11O3/c1-2-3(28)29-13-4(16(25,26)27)5(17)9(21)15(12(13)24)30-14-10(22)7(19)6(18)8(20)11(14)23/h2H,1H2. The topological polar surface area (TPSA) is 35.5 Å². The van der Waals surface area contributed by atoms with Gasteiger partial charge in [0.05, 0.1) is 0 Å². The van der Waals surface area contributed by atoms with Gasteiger partial charge in [0.15, 0.2) is 11.6 Å². The van der Waals surface area contributed by atoms with E-state index in [2.05, 4.69) is 16.1 Å². The van der Waals surface area contributed by atoms with Crippen LogP contribution in [0, 0.1) is 46.5 Å². The van der Waals surface area contributed by atoms with Crippen LogP contribution in [0.3, 0.4) is 0 Å². The summed E-state index contributed by atoms with van der Waals surface area (Å²) in [6.07, 6.45) is -5.68. The zero-order chi connectivity index (χ0) is 23.1. The van der Waals surface area contributed by atoms with E-state index in [1.165, 1.54) is 0 Å². The molecule has 3 nitrogen and oxygen atoms in total. The van der Waals surface area contributed by atoms with Crippen molar-refractivity contribution in [3.05, 3.63) is 64.8 Å². The molecular formula is C16H3F11O3. The minimum atomic E-state index is -5.87. The highest BCUT2D eigenvalue weighted by Crippen LogP contribution is 2.46. The van der Waals surface area contributed by atoms with Gasteiger partial charge in [0, 0.05) is 6.08 Å². The van der Waals surface area contributed by atoms with Crippen LogP contribution in [0.15, 0.2) is 12.7 Å². The maximum absolute atomic E-state index is 14.4. The minimum absolute atomic E-state index is 0.186. The van der Waals surface area contributed by atoms with Gasteiger partial charge in [-0.3, -0.25) is 0 Å². The Morgan fingerprint density at radius 3 is 1.50 bits per heavy atom. The number of benzene rings is 2. The third-order valence-electron chi connectivity index (χ3n) is 3.26. The van der Waals surface area contributed by atoms with Crippen molar-refractivity contribution in [1.82, 2.24) is 0 Å². The van der Waals surface area contributed by atoms with E-state index in [-0.39, 0.29) is 6.08 Å². The van der Waals surface area contributed by atoms with E-state index in [4.69, 9.17) is 0 Å². The normalized spacial score (nSPS) is 11.4. The number of esters is 1. The van der Waals surface area contributed by atoms with Crippen molar-refractivity contribution in [3.8, 4) is 17.2 Å². The molecule has 0 aromatic heterocycles. The Hall–Kier alpha value is -3.32. The van der Waals surface area contributed by atoms with Gasteiger partial charge >= 0.3 is 12.1 Å². The van der Waals surface area contributed by atoms with Gasteiger partial charge in [-0.05, 0) is 0 Å². The second-order valence-electron chi connectivity index (χ2n) is 5.10. The largest absolute Gasteiger partial charge is 0.444 e. The Morgan fingerprint density at radius 2 is 1.07 bits per heavy atom. The van der Waals surface area contributed by atoms with Crippen molar-refractivity contribution >= 4 is 5.97 Å². The van der Waals surface area contributed by atoms with Crippen LogP contribution in [-0.2, 0) is 11.0 Å². The molecule has 0 aliphatic carbocycles. The molecule has 0 aliphatic rings. The molecule has 2 aromatic rings. The lowest BCUT2D eigenvalue weighted by molar-refractivity contribution is -0.143. The number of hydrogen-bond donors (Lipinski definition) is 0. The monoisotopic (exact) mass is 452 g/mol. The Morgan fingerprint density at radius 1 is 0.667 bits per heavy atom. The summed E-state index contributed by atoms with van der Waals surface area (Å²) >= 11 is 0. The first-order valence-corrected chi connectivity index (χ1v) is 7.05. The van der Waals surface area contributed by atoms with Gasteiger partial charge in [-0.25, -0.2) is 22.4 Å². The summed E-state index contributed by atoms with van der Waals surface area (Å²) in [6, 6.07) is 0. The van der Waals surface area contributed by atoms with Crippen molar-refractivity contribution in [2.45, 2.75) is 6.18 Å². The fourth-order valence-electron chi connectivity index (χ4n) is 1.98. The van der Waals surface area contributed by atoms with Gasteiger partial charge in [-0.2, -0.15) is 30.7 Å². The maximum Gasteiger partial charge on any atom is 0.423 e. The van der Waals surface area contributed by atoms with E-state index in [0.29, 0.717) is 0 Å². The number of carbonyl (C=O) groups is 1. The second kappa shape index (κ2) is 7.84. The van der Waals surface area contributed by atoms with Crippen molar-refractivity contribution in [3.63, 3.8) is 0 Å². The summed E-state index contributed by atoms with van der Waals surface area (Å²) in [5, 5.41) is 0. The first kappa shape index (κ1) is 23.0. The van der Waals surface area contributed by atoms with Crippen LogP contribution in [-0.4, -0.2) is 5.97 Å². The van der Waals surface area contributed by atoms with Gasteiger partial charge in [0.1, 0.15) is 5.56 Å². The molecule has 30 heavy (non-hydrogen) atoms. The highest BCUT2D eigenvalue weighted by Gasteiger charge is 2.44. The highest BCUT2D eigenvalue weighted by atomic mass is 19.4. The number of alkyl halides is 3. The molecule has 0 unspecified atom stereocenters. The quantitative estimate of drug-likeness (QED) is 0.149. The van der Waals surface area contributed by atoms with Gasteiger partial charge in [0.2, 0.25) is 52.2 Å². The fourth-order valence-corrected chi connectivity index (χ4v) is 1.98. The first-order chi connectivity index (χ1) is 13.7. The average Bonchev–Trinajstić information content (AvgIpc) is 2.67. The van der Waals surface area contributed by atoms with Crippen LogP contribution in [0.2, 0.25) is 0 Å². The zero-order valence-electron chi connectivity index (χ0n) is 13.7. The number of halogens is 11. The SMILES string of the molecule is C=CC(=O)Oc1c(F)c(Oc2c(F)c(F)c(F)c(F)c2F)c(F)c(F)c1C(F)(F)F. The lowest BCUT2D eigenvalue weighted by Crippen LogP contribution is -2.18. The van der Waals surface area contributed by atoms with E-state index < -0.39 is 81.5 Å². The summed E-state index contributed by atoms with van der Waals surface area (Å²) in [5.74, 6) is -31.0. The molecule has 0 aliphatic heterocycles. The Labute approximate surface area is 157 Å². The summed E-state index contributed by atoms with van der Waals surface area (Å²) < 4.78 is 155. The lowest BCUT2D eigenvalue weighted by atomic mass is 10.1. The summed E-state index contributed by atoms with van der Waals surface area (Å²) in [7, 11) is 0. The van der Waals surface area contributed by atoms with Crippen LogP contribution in [0.4, 0.5) is 48.3 Å². The molecule has 162 valence electrons. The van der Waals surface area contributed by atoms with E-state index >= 15 is 0 Å². The number of hydrogen-bond acceptors (Lipinski definition) is 3. The van der Waals surface area contributed by atoms with Crippen LogP contribution in [0.25, 0.3) is 0 Å². The van der Waals surface area contributed by atoms with Crippen molar-refractivity contribution in [2.75, 3.05) is 0 Å². The van der Waals surface area contributed by atoms with Gasteiger partial charge < -0.3 is 9.47 Å². The number of ether oxygens (including phenoxy) is 2. The van der Waals surface area contributed by atoms with E-state index in [1.807, 2.05) is 0 Å². The minimum Gasteiger partial charge on any atom is -0.444 e. The smallest absolute Gasteiger partial charge is 0.423 e. The zero-order valence-corrected chi connectivity index (χ0v) is 13.7.